The Morgan fingerprint density at radius 1 is 1.39 bits per heavy atom. The first-order valence-electron chi connectivity index (χ1n) is 5.64. The van der Waals surface area contributed by atoms with Crippen molar-refractivity contribution in [1.29, 1.82) is 0 Å². The van der Waals surface area contributed by atoms with E-state index in [-0.39, 0.29) is 24.4 Å². The maximum absolute atomic E-state index is 11.9. The van der Waals surface area contributed by atoms with Gasteiger partial charge in [0.25, 0.3) is 0 Å². The molecule has 0 bridgehead atoms. The zero-order valence-electron chi connectivity index (χ0n) is 10.0. The highest BCUT2D eigenvalue weighted by Gasteiger charge is 2.23. The number of thioether (sulfide) groups is 1. The highest BCUT2D eigenvalue weighted by Crippen LogP contribution is 2.17. The van der Waals surface area contributed by atoms with Gasteiger partial charge in [0, 0.05) is 17.1 Å². The van der Waals surface area contributed by atoms with Gasteiger partial charge in [-0.05, 0) is 30.5 Å². The largest absolute Gasteiger partial charge is 0.353 e. The Labute approximate surface area is 110 Å². The molecule has 96 valence electrons. The molecule has 1 saturated heterocycles. The minimum absolute atomic E-state index is 0.0802. The van der Waals surface area contributed by atoms with E-state index in [1.807, 2.05) is 30.5 Å². The quantitative estimate of drug-likeness (QED) is 0.693. The Morgan fingerprint density at radius 2 is 2.11 bits per heavy atom. The van der Waals surface area contributed by atoms with E-state index in [9.17, 15) is 9.59 Å². The van der Waals surface area contributed by atoms with E-state index < -0.39 is 0 Å². The predicted molar refractivity (Wildman–Crippen MR) is 71.7 cm³/mol. The van der Waals surface area contributed by atoms with Crippen LogP contribution in [0, 0.1) is 0 Å². The maximum Gasteiger partial charge on any atom is 0.243 e. The monoisotopic (exact) mass is 265 g/mol. The molecule has 5 nitrogen and oxygen atoms in total. The Bertz CT molecular complexity index is 437. The number of carbonyl (C=O) groups excluding carboxylic acids is 2. The molecule has 0 aliphatic carbocycles. The van der Waals surface area contributed by atoms with Crippen LogP contribution in [0.2, 0.25) is 0 Å². The molecule has 1 aliphatic rings. The SMILES string of the molecule is CSc1ccc(NC(=O)C2CNC(=O)CN2)cc1. The van der Waals surface area contributed by atoms with E-state index in [2.05, 4.69) is 16.0 Å². The topological polar surface area (TPSA) is 70.2 Å². The van der Waals surface area contributed by atoms with Gasteiger partial charge in [-0.3, -0.25) is 14.9 Å². The summed E-state index contributed by atoms with van der Waals surface area (Å²) in [5, 5.41) is 8.35. The van der Waals surface area contributed by atoms with E-state index in [1.54, 1.807) is 11.8 Å². The Hall–Kier alpha value is -1.53. The van der Waals surface area contributed by atoms with Crippen LogP contribution in [0.3, 0.4) is 0 Å². The summed E-state index contributed by atoms with van der Waals surface area (Å²) in [4.78, 5) is 24.0. The molecule has 1 aliphatic heterocycles. The van der Waals surface area contributed by atoms with Gasteiger partial charge < -0.3 is 10.6 Å². The van der Waals surface area contributed by atoms with Crippen molar-refractivity contribution in [3.8, 4) is 0 Å². The zero-order valence-corrected chi connectivity index (χ0v) is 10.8. The van der Waals surface area contributed by atoms with Crippen LogP contribution in [0.1, 0.15) is 0 Å². The lowest BCUT2D eigenvalue weighted by Crippen LogP contribution is -2.56. The summed E-state index contributed by atoms with van der Waals surface area (Å²) in [6, 6.07) is 7.27. The number of hydrogen-bond donors (Lipinski definition) is 3. The second kappa shape index (κ2) is 5.88. The van der Waals surface area contributed by atoms with E-state index in [0.717, 1.165) is 10.6 Å². The molecule has 0 aromatic heterocycles. The number of benzene rings is 1. The molecule has 18 heavy (non-hydrogen) atoms. The van der Waals surface area contributed by atoms with Gasteiger partial charge in [-0.15, -0.1) is 11.8 Å². The van der Waals surface area contributed by atoms with Gasteiger partial charge in [0.15, 0.2) is 0 Å². The third-order valence-corrected chi connectivity index (χ3v) is 3.43. The number of rotatable bonds is 3. The summed E-state index contributed by atoms with van der Waals surface area (Å²) in [7, 11) is 0. The van der Waals surface area contributed by atoms with Gasteiger partial charge in [-0.1, -0.05) is 0 Å². The summed E-state index contributed by atoms with van der Waals surface area (Å²) in [6.07, 6.45) is 2.00. The Morgan fingerprint density at radius 3 is 2.67 bits per heavy atom. The number of nitrogens with one attached hydrogen (secondary N) is 3. The zero-order chi connectivity index (χ0) is 13.0. The smallest absolute Gasteiger partial charge is 0.243 e. The van der Waals surface area contributed by atoms with Gasteiger partial charge in [0.05, 0.1) is 6.54 Å². The molecule has 2 amide bonds. The van der Waals surface area contributed by atoms with Crippen molar-refractivity contribution in [2.75, 3.05) is 24.7 Å². The highest BCUT2D eigenvalue weighted by molar-refractivity contribution is 7.98. The second-order valence-corrected chi connectivity index (χ2v) is 4.83. The van der Waals surface area contributed by atoms with Crippen molar-refractivity contribution in [1.82, 2.24) is 10.6 Å². The van der Waals surface area contributed by atoms with Crippen LogP contribution in [0.4, 0.5) is 5.69 Å². The summed E-state index contributed by atoms with van der Waals surface area (Å²) >= 11 is 1.65. The molecule has 2 rings (SSSR count). The molecule has 1 atom stereocenters. The van der Waals surface area contributed by atoms with Gasteiger partial charge in [0.1, 0.15) is 6.04 Å². The molecule has 1 aromatic carbocycles. The maximum atomic E-state index is 11.9. The normalized spacial score (nSPS) is 19.2. The average molecular weight is 265 g/mol. The van der Waals surface area contributed by atoms with Gasteiger partial charge in [-0.25, -0.2) is 0 Å². The number of anilines is 1. The molecule has 0 saturated carbocycles. The van der Waals surface area contributed by atoms with Crippen molar-refractivity contribution in [3.63, 3.8) is 0 Å². The predicted octanol–water partition coefficient (Wildman–Crippen LogP) is 0.435. The molecule has 3 N–H and O–H groups in total. The lowest BCUT2D eigenvalue weighted by atomic mass is 10.2. The molecule has 0 radical (unpaired) electrons. The number of carbonyl (C=O) groups is 2. The van der Waals surface area contributed by atoms with Crippen molar-refractivity contribution in [2.45, 2.75) is 10.9 Å². The molecule has 6 heteroatoms. The first-order chi connectivity index (χ1) is 8.69. The highest BCUT2D eigenvalue weighted by atomic mass is 32.2. The Kier molecular flexibility index (Phi) is 4.22. The minimum atomic E-state index is -0.372. The number of piperazine rings is 1. The van der Waals surface area contributed by atoms with Crippen molar-refractivity contribution in [2.24, 2.45) is 0 Å². The minimum Gasteiger partial charge on any atom is -0.353 e. The lowest BCUT2D eigenvalue weighted by molar-refractivity contribution is -0.124. The second-order valence-electron chi connectivity index (χ2n) is 3.96. The van der Waals surface area contributed by atoms with Crippen LogP contribution in [0.5, 0.6) is 0 Å². The first-order valence-corrected chi connectivity index (χ1v) is 6.86. The molecule has 1 heterocycles. The van der Waals surface area contributed by atoms with Crippen LogP contribution in [-0.4, -0.2) is 37.2 Å². The van der Waals surface area contributed by atoms with Crippen LogP contribution < -0.4 is 16.0 Å². The molecule has 1 fully saturated rings. The standard InChI is InChI=1S/C12H15N3O2S/c1-18-9-4-2-8(3-5-9)15-12(17)10-6-14-11(16)7-13-10/h2-5,10,13H,6-7H2,1H3,(H,14,16)(H,15,17). The van der Waals surface area contributed by atoms with E-state index in [4.69, 9.17) is 0 Å². The van der Waals surface area contributed by atoms with E-state index in [0.29, 0.717) is 6.54 Å². The number of hydrogen-bond acceptors (Lipinski definition) is 4. The fourth-order valence-corrected chi connectivity index (χ4v) is 2.06. The van der Waals surface area contributed by atoms with Crippen LogP contribution in [0.15, 0.2) is 29.2 Å². The molecule has 1 unspecified atom stereocenters. The summed E-state index contributed by atoms with van der Waals surface area (Å²) in [5.74, 6) is -0.213. The van der Waals surface area contributed by atoms with Crippen LogP contribution in [0.25, 0.3) is 0 Å². The van der Waals surface area contributed by atoms with Gasteiger partial charge in [0.2, 0.25) is 11.8 Å². The fourth-order valence-electron chi connectivity index (χ4n) is 1.66. The molecular formula is C12H15N3O2S. The molecule has 0 spiro atoms. The summed E-state index contributed by atoms with van der Waals surface area (Å²) in [6.45, 7) is 0.511. The van der Waals surface area contributed by atoms with E-state index in [1.165, 1.54) is 0 Å². The average Bonchev–Trinajstić information content (AvgIpc) is 2.40. The molecule has 1 aromatic rings. The number of amides is 2. The molecular weight excluding hydrogens is 250 g/mol. The lowest BCUT2D eigenvalue weighted by Gasteiger charge is -2.23. The third kappa shape index (κ3) is 3.24. The summed E-state index contributed by atoms with van der Waals surface area (Å²) < 4.78 is 0. The summed E-state index contributed by atoms with van der Waals surface area (Å²) in [5.41, 5.74) is 0.761. The van der Waals surface area contributed by atoms with Gasteiger partial charge in [-0.2, -0.15) is 0 Å². The van der Waals surface area contributed by atoms with Gasteiger partial charge >= 0.3 is 0 Å². The van der Waals surface area contributed by atoms with Crippen molar-refractivity contribution >= 4 is 29.3 Å². The van der Waals surface area contributed by atoms with Crippen molar-refractivity contribution < 1.29 is 9.59 Å². The third-order valence-electron chi connectivity index (χ3n) is 2.69. The van der Waals surface area contributed by atoms with Crippen LogP contribution >= 0.6 is 11.8 Å². The fraction of sp³-hybridized carbons (Fsp3) is 0.333. The van der Waals surface area contributed by atoms with Crippen LogP contribution in [-0.2, 0) is 9.59 Å². The van der Waals surface area contributed by atoms with E-state index >= 15 is 0 Å². The first kappa shape index (κ1) is 12.9. The van der Waals surface area contributed by atoms with Crippen molar-refractivity contribution in [3.05, 3.63) is 24.3 Å². The Balaban J connectivity index is 1.92.